The van der Waals surface area contributed by atoms with E-state index >= 15 is 0 Å². The van der Waals surface area contributed by atoms with Crippen LogP contribution in [0, 0.1) is 5.92 Å². The summed E-state index contributed by atoms with van der Waals surface area (Å²) in [6.07, 6.45) is 0.449. The molecule has 3 N–H and O–H groups in total. The highest BCUT2D eigenvalue weighted by molar-refractivity contribution is 5.69. The van der Waals surface area contributed by atoms with Crippen molar-refractivity contribution in [3.8, 4) is 11.5 Å². The predicted octanol–water partition coefficient (Wildman–Crippen LogP) is 3.34. The third-order valence-corrected chi connectivity index (χ3v) is 3.60. The van der Waals surface area contributed by atoms with E-state index in [-0.39, 0.29) is 17.4 Å². The highest BCUT2D eigenvalue weighted by atomic mass is 16.4. The van der Waals surface area contributed by atoms with Gasteiger partial charge in [0.1, 0.15) is 11.5 Å². The molecule has 0 saturated carbocycles. The molecule has 21 heavy (non-hydrogen) atoms. The van der Waals surface area contributed by atoms with Gasteiger partial charge >= 0.3 is 5.97 Å². The Bertz CT molecular complexity index is 556. The minimum absolute atomic E-state index is 0.0997. The summed E-state index contributed by atoms with van der Waals surface area (Å²) in [5.41, 5.74) is 1.87. The molecule has 0 amide bonds. The number of rotatable bonds is 5. The van der Waals surface area contributed by atoms with Crippen LogP contribution in [0.3, 0.4) is 0 Å². The van der Waals surface area contributed by atoms with E-state index in [9.17, 15) is 15.0 Å². The Kier molecular flexibility index (Phi) is 4.48. The number of hydrogen-bond donors (Lipinski definition) is 3. The molecule has 0 bridgehead atoms. The van der Waals surface area contributed by atoms with Crippen molar-refractivity contribution < 1.29 is 20.1 Å². The van der Waals surface area contributed by atoms with Crippen LogP contribution >= 0.6 is 0 Å². The Balaban J connectivity index is 2.36. The number of benzene rings is 2. The number of hydrogen-bond acceptors (Lipinski definition) is 3. The number of phenolic OH excluding ortho intramolecular Hbond substituents is 2. The molecule has 0 radical (unpaired) electrons. The van der Waals surface area contributed by atoms with E-state index in [1.165, 1.54) is 0 Å². The van der Waals surface area contributed by atoms with Gasteiger partial charge in [0.25, 0.3) is 0 Å². The zero-order valence-corrected chi connectivity index (χ0v) is 11.7. The highest BCUT2D eigenvalue weighted by Gasteiger charge is 2.21. The van der Waals surface area contributed by atoms with Crippen molar-refractivity contribution in [3.63, 3.8) is 0 Å². The zero-order valence-electron chi connectivity index (χ0n) is 11.7. The van der Waals surface area contributed by atoms with Crippen LogP contribution in [0.15, 0.2) is 48.5 Å². The topological polar surface area (TPSA) is 77.8 Å². The largest absolute Gasteiger partial charge is 0.508 e. The average molecular weight is 286 g/mol. The van der Waals surface area contributed by atoms with E-state index in [0.29, 0.717) is 6.42 Å². The average Bonchev–Trinajstić information content (AvgIpc) is 2.46. The maximum absolute atomic E-state index is 11.1. The second-order valence-electron chi connectivity index (χ2n) is 5.21. The van der Waals surface area contributed by atoms with E-state index in [2.05, 4.69) is 0 Å². The van der Waals surface area contributed by atoms with Crippen molar-refractivity contribution in [2.75, 3.05) is 0 Å². The van der Waals surface area contributed by atoms with Crippen LogP contribution in [-0.4, -0.2) is 21.3 Å². The molecule has 2 aromatic rings. The summed E-state index contributed by atoms with van der Waals surface area (Å²) in [6, 6.07) is 13.5. The number of aromatic hydroxyl groups is 2. The first-order valence-electron chi connectivity index (χ1n) is 6.78. The fraction of sp³-hybridized carbons (Fsp3) is 0.235. The second-order valence-corrected chi connectivity index (χ2v) is 5.21. The van der Waals surface area contributed by atoms with Gasteiger partial charge in [0.05, 0.1) is 5.92 Å². The Morgan fingerprint density at radius 2 is 1.29 bits per heavy atom. The van der Waals surface area contributed by atoms with Crippen LogP contribution in [0.1, 0.15) is 30.4 Å². The summed E-state index contributed by atoms with van der Waals surface area (Å²) in [6.45, 7) is 1.68. The number of carboxylic acid groups (broad SMARTS) is 1. The summed E-state index contributed by atoms with van der Waals surface area (Å²) >= 11 is 0. The molecule has 0 aliphatic heterocycles. The van der Waals surface area contributed by atoms with Crippen molar-refractivity contribution in [1.29, 1.82) is 0 Å². The van der Waals surface area contributed by atoms with Crippen molar-refractivity contribution in [1.82, 2.24) is 0 Å². The molecule has 2 rings (SSSR count). The summed E-state index contributed by atoms with van der Waals surface area (Å²) in [5.74, 6) is -1.07. The highest BCUT2D eigenvalue weighted by Crippen LogP contribution is 2.32. The molecule has 0 aliphatic carbocycles. The smallest absolute Gasteiger partial charge is 0.306 e. The Hall–Kier alpha value is -2.49. The van der Waals surface area contributed by atoms with Crippen LogP contribution in [0.4, 0.5) is 0 Å². The van der Waals surface area contributed by atoms with Crippen LogP contribution < -0.4 is 0 Å². The van der Waals surface area contributed by atoms with Gasteiger partial charge in [0.2, 0.25) is 0 Å². The lowest BCUT2D eigenvalue weighted by Gasteiger charge is -2.20. The Morgan fingerprint density at radius 1 is 0.905 bits per heavy atom. The maximum atomic E-state index is 11.1. The zero-order chi connectivity index (χ0) is 15.4. The number of carbonyl (C=O) groups is 1. The number of carboxylic acids is 1. The molecule has 110 valence electrons. The summed E-state index contributed by atoms with van der Waals surface area (Å²) < 4.78 is 0. The number of aliphatic carboxylic acids is 1. The van der Waals surface area contributed by atoms with Crippen LogP contribution in [0.2, 0.25) is 0 Å². The van der Waals surface area contributed by atoms with Crippen LogP contribution in [0.25, 0.3) is 0 Å². The summed E-state index contributed by atoms with van der Waals surface area (Å²) in [4.78, 5) is 11.1. The van der Waals surface area contributed by atoms with Gasteiger partial charge in [-0.15, -0.1) is 0 Å². The molecule has 1 atom stereocenters. The summed E-state index contributed by atoms with van der Waals surface area (Å²) in [7, 11) is 0. The van der Waals surface area contributed by atoms with E-state index in [1.54, 1.807) is 55.5 Å². The third kappa shape index (κ3) is 3.75. The molecule has 4 heteroatoms. The van der Waals surface area contributed by atoms with Crippen molar-refractivity contribution in [2.24, 2.45) is 5.92 Å². The first-order chi connectivity index (χ1) is 9.97. The van der Waals surface area contributed by atoms with Gasteiger partial charge in [-0.05, 0) is 41.8 Å². The maximum Gasteiger partial charge on any atom is 0.306 e. The van der Waals surface area contributed by atoms with Crippen LogP contribution in [-0.2, 0) is 4.79 Å². The van der Waals surface area contributed by atoms with Crippen LogP contribution in [0.5, 0.6) is 11.5 Å². The van der Waals surface area contributed by atoms with Gasteiger partial charge < -0.3 is 15.3 Å². The van der Waals surface area contributed by atoms with Gasteiger partial charge in [-0.1, -0.05) is 31.2 Å². The third-order valence-electron chi connectivity index (χ3n) is 3.60. The molecule has 1 unspecified atom stereocenters. The molecule has 0 spiro atoms. The molecule has 0 fully saturated rings. The molecule has 0 aliphatic rings. The molecule has 4 nitrogen and oxygen atoms in total. The lowest BCUT2D eigenvalue weighted by atomic mass is 9.84. The first-order valence-corrected chi connectivity index (χ1v) is 6.78. The predicted molar refractivity (Wildman–Crippen MR) is 79.5 cm³/mol. The van der Waals surface area contributed by atoms with Crippen molar-refractivity contribution in [3.05, 3.63) is 59.7 Å². The van der Waals surface area contributed by atoms with E-state index in [0.717, 1.165) is 11.1 Å². The quantitative estimate of drug-likeness (QED) is 0.787. The SMILES string of the molecule is CC(CC(c1ccc(O)cc1)c1ccc(O)cc1)C(=O)O. The van der Waals surface area contributed by atoms with E-state index in [1.807, 2.05) is 0 Å². The summed E-state index contributed by atoms with van der Waals surface area (Å²) in [5, 5.41) is 27.9. The van der Waals surface area contributed by atoms with Gasteiger partial charge in [-0.3, -0.25) is 4.79 Å². The van der Waals surface area contributed by atoms with Gasteiger partial charge in [-0.25, -0.2) is 0 Å². The molecular weight excluding hydrogens is 268 g/mol. The molecule has 0 heterocycles. The van der Waals surface area contributed by atoms with Gasteiger partial charge in [0.15, 0.2) is 0 Å². The monoisotopic (exact) mass is 286 g/mol. The minimum Gasteiger partial charge on any atom is -0.508 e. The lowest BCUT2D eigenvalue weighted by molar-refractivity contribution is -0.141. The fourth-order valence-corrected chi connectivity index (χ4v) is 2.33. The second kappa shape index (κ2) is 6.31. The van der Waals surface area contributed by atoms with Crippen molar-refractivity contribution in [2.45, 2.75) is 19.3 Å². The van der Waals surface area contributed by atoms with Crippen molar-refractivity contribution >= 4 is 5.97 Å². The fourth-order valence-electron chi connectivity index (χ4n) is 2.33. The minimum atomic E-state index is -0.836. The Labute approximate surface area is 123 Å². The number of phenols is 2. The molecule has 0 saturated heterocycles. The molecular formula is C17H18O4. The Morgan fingerprint density at radius 3 is 1.62 bits per heavy atom. The first kappa shape index (κ1) is 14.9. The lowest BCUT2D eigenvalue weighted by Crippen LogP contribution is -2.14. The van der Waals surface area contributed by atoms with E-state index in [4.69, 9.17) is 5.11 Å². The molecule has 0 aromatic heterocycles. The van der Waals surface area contributed by atoms with Gasteiger partial charge in [-0.2, -0.15) is 0 Å². The normalized spacial score (nSPS) is 12.3. The standard InChI is InChI=1S/C17H18O4/c1-11(17(20)21)10-16(12-2-6-14(18)7-3-12)13-4-8-15(19)9-5-13/h2-9,11,16,18-19H,10H2,1H3,(H,20,21). The molecule has 2 aromatic carbocycles. The van der Waals surface area contributed by atoms with Gasteiger partial charge in [0, 0.05) is 5.92 Å². The van der Waals surface area contributed by atoms with E-state index < -0.39 is 11.9 Å².